The molecule has 21 heavy (non-hydrogen) atoms. The molecule has 1 aliphatic carbocycles. The largest absolute Gasteiger partial charge is 0.471 e. The summed E-state index contributed by atoms with van der Waals surface area (Å²) in [7, 11) is 0. The number of anilines is 1. The summed E-state index contributed by atoms with van der Waals surface area (Å²) in [6.07, 6.45) is -2.85. The molecule has 3 nitrogen and oxygen atoms in total. The van der Waals surface area contributed by atoms with E-state index in [4.69, 9.17) is 12.2 Å². The molecule has 1 aliphatic rings. The molecule has 2 rings (SSSR count). The summed E-state index contributed by atoms with van der Waals surface area (Å²) in [4.78, 5) is 11.1. The molecule has 1 N–H and O–H groups in total. The standard InChI is InChI=1S/C13H11F3N2OS2/c1-6-2-3-7-8(4-6)11(20)21-10(9(7)5-17)18-12(19)13(14,15)16/h6H,2-4H2,1H3,(H,18,19). The number of nitriles is 1. The molecule has 1 unspecified atom stereocenters. The van der Waals surface area contributed by atoms with Crippen molar-refractivity contribution in [2.75, 3.05) is 5.32 Å². The average Bonchev–Trinajstić information content (AvgIpc) is 2.38. The summed E-state index contributed by atoms with van der Waals surface area (Å²) in [5.74, 6) is -1.66. The second-order valence-electron chi connectivity index (χ2n) is 4.96. The van der Waals surface area contributed by atoms with E-state index in [9.17, 15) is 23.2 Å². The normalized spacial score (nSPS) is 17.8. The Kier molecular flexibility index (Phi) is 4.35. The highest BCUT2D eigenvalue weighted by Crippen LogP contribution is 2.36. The fourth-order valence-corrected chi connectivity index (χ4v) is 3.71. The Morgan fingerprint density at radius 3 is 2.71 bits per heavy atom. The first kappa shape index (κ1) is 15.9. The molecule has 0 fully saturated rings. The van der Waals surface area contributed by atoms with Crippen molar-refractivity contribution in [3.8, 4) is 6.07 Å². The van der Waals surface area contributed by atoms with E-state index in [1.807, 2.05) is 6.07 Å². The Balaban J connectivity index is 2.50. The van der Waals surface area contributed by atoms with E-state index in [-0.39, 0.29) is 10.6 Å². The first-order valence-corrected chi connectivity index (χ1v) is 7.43. The number of carbonyl (C=O) groups excluding carboxylic acids is 1. The molecule has 0 saturated carbocycles. The molecule has 8 heteroatoms. The monoisotopic (exact) mass is 332 g/mol. The number of nitrogens with zero attached hydrogens (tertiary/aromatic N) is 1. The molecule has 1 amide bonds. The molecule has 0 spiro atoms. The van der Waals surface area contributed by atoms with E-state index in [2.05, 4.69) is 6.92 Å². The maximum Gasteiger partial charge on any atom is 0.471 e. The molecule has 1 atom stereocenters. The van der Waals surface area contributed by atoms with Gasteiger partial charge in [-0.15, -0.1) is 11.3 Å². The van der Waals surface area contributed by atoms with Crippen LogP contribution in [0.25, 0.3) is 0 Å². The number of alkyl halides is 3. The SMILES string of the molecule is CC1CCc2c(C#N)c(NC(=O)C(F)(F)F)sc(=S)c2C1. The van der Waals surface area contributed by atoms with Crippen LogP contribution in [0.2, 0.25) is 0 Å². The van der Waals surface area contributed by atoms with Crippen molar-refractivity contribution in [3.05, 3.63) is 20.5 Å². The number of rotatable bonds is 1. The van der Waals surface area contributed by atoms with Crippen LogP contribution < -0.4 is 5.32 Å². The van der Waals surface area contributed by atoms with Gasteiger partial charge in [-0.25, -0.2) is 0 Å². The van der Waals surface area contributed by atoms with E-state index >= 15 is 0 Å². The van der Waals surface area contributed by atoms with Crippen LogP contribution in [0.1, 0.15) is 30.0 Å². The highest BCUT2D eigenvalue weighted by atomic mass is 32.1. The van der Waals surface area contributed by atoms with Crippen molar-refractivity contribution < 1.29 is 18.0 Å². The molecule has 1 aromatic rings. The van der Waals surface area contributed by atoms with Gasteiger partial charge in [-0.1, -0.05) is 19.1 Å². The van der Waals surface area contributed by atoms with Crippen molar-refractivity contribution >= 4 is 34.5 Å². The van der Waals surface area contributed by atoms with Crippen LogP contribution in [0, 0.1) is 21.1 Å². The molecule has 0 aliphatic heterocycles. The zero-order valence-electron chi connectivity index (χ0n) is 11.0. The van der Waals surface area contributed by atoms with Gasteiger partial charge >= 0.3 is 12.1 Å². The predicted molar refractivity (Wildman–Crippen MR) is 75.7 cm³/mol. The lowest BCUT2D eigenvalue weighted by molar-refractivity contribution is -0.167. The summed E-state index contributed by atoms with van der Waals surface area (Å²) in [6, 6.07) is 1.90. The lowest BCUT2D eigenvalue weighted by Gasteiger charge is -2.23. The first-order valence-electron chi connectivity index (χ1n) is 6.21. The summed E-state index contributed by atoms with van der Waals surface area (Å²) in [5.41, 5.74) is 1.64. The van der Waals surface area contributed by atoms with Crippen molar-refractivity contribution in [2.24, 2.45) is 5.92 Å². The first-order chi connectivity index (χ1) is 9.74. The molecular weight excluding hydrogens is 321 g/mol. The van der Waals surface area contributed by atoms with E-state index < -0.39 is 12.1 Å². The van der Waals surface area contributed by atoms with E-state index in [0.29, 0.717) is 28.1 Å². The van der Waals surface area contributed by atoms with E-state index in [0.717, 1.165) is 23.3 Å². The van der Waals surface area contributed by atoms with Gasteiger partial charge in [0.2, 0.25) is 0 Å². The molecule has 0 bridgehead atoms. The van der Waals surface area contributed by atoms with Gasteiger partial charge in [0, 0.05) is 0 Å². The van der Waals surface area contributed by atoms with Gasteiger partial charge < -0.3 is 5.32 Å². The van der Waals surface area contributed by atoms with E-state index in [1.165, 1.54) is 0 Å². The molecule has 0 radical (unpaired) electrons. The lowest BCUT2D eigenvalue weighted by atomic mass is 9.85. The summed E-state index contributed by atoms with van der Waals surface area (Å²) < 4.78 is 37.5. The fraction of sp³-hybridized carbons (Fsp3) is 0.462. The number of nitrogens with one attached hydrogen (secondary N) is 1. The van der Waals surface area contributed by atoms with Crippen LogP contribution >= 0.6 is 23.6 Å². The van der Waals surface area contributed by atoms with Gasteiger partial charge in [-0.05, 0) is 36.3 Å². The Morgan fingerprint density at radius 2 is 2.14 bits per heavy atom. The number of halogens is 3. The Bertz CT molecular complexity index is 688. The molecule has 0 aromatic carbocycles. The maximum absolute atomic E-state index is 12.3. The number of hydrogen-bond acceptors (Lipinski definition) is 4. The smallest absolute Gasteiger partial charge is 0.309 e. The van der Waals surface area contributed by atoms with Crippen LogP contribution in [0.5, 0.6) is 0 Å². The number of hydrogen-bond donors (Lipinski definition) is 1. The summed E-state index contributed by atoms with van der Waals surface area (Å²) >= 11 is 6.06. The highest BCUT2D eigenvalue weighted by Gasteiger charge is 2.39. The van der Waals surface area contributed by atoms with E-state index in [1.54, 1.807) is 5.32 Å². The van der Waals surface area contributed by atoms with Crippen LogP contribution in [0.15, 0.2) is 0 Å². The summed E-state index contributed by atoms with van der Waals surface area (Å²) in [5, 5.41) is 10.9. The van der Waals surface area contributed by atoms with Crippen LogP contribution in [-0.2, 0) is 17.6 Å². The topological polar surface area (TPSA) is 52.9 Å². The molecule has 112 valence electrons. The van der Waals surface area contributed by atoms with Gasteiger partial charge in [0.15, 0.2) is 0 Å². The zero-order valence-corrected chi connectivity index (χ0v) is 12.6. The molecular formula is C13H11F3N2OS2. The Morgan fingerprint density at radius 1 is 1.48 bits per heavy atom. The Hall–Kier alpha value is -1.46. The number of amides is 1. The second kappa shape index (κ2) is 5.73. The van der Waals surface area contributed by atoms with Crippen molar-refractivity contribution in [1.29, 1.82) is 5.26 Å². The molecule has 1 aromatic heterocycles. The van der Waals surface area contributed by atoms with Gasteiger partial charge in [-0.3, -0.25) is 4.79 Å². The number of fused-ring (bicyclic) bond motifs is 1. The van der Waals surface area contributed by atoms with Crippen molar-refractivity contribution in [2.45, 2.75) is 32.4 Å². The highest BCUT2D eigenvalue weighted by molar-refractivity contribution is 7.73. The Labute approximate surface area is 128 Å². The zero-order chi connectivity index (χ0) is 15.8. The third-order valence-corrected chi connectivity index (χ3v) is 4.81. The third kappa shape index (κ3) is 3.24. The van der Waals surface area contributed by atoms with Crippen LogP contribution in [0.3, 0.4) is 0 Å². The van der Waals surface area contributed by atoms with Crippen LogP contribution in [-0.4, -0.2) is 12.1 Å². The fourth-order valence-electron chi connectivity index (χ4n) is 2.32. The third-order valence-electron chi connectivity index (χ3n) is 3.37. The van der Waals surface area contributed by atoms with Crippen LogP contribution in [0.4, 0.5) is 18.2 Å². The van der Waals surface area contributed by atoms with Gasteiger partial charge in [-0.2, -0.15) is 18.4 Å². The maximum atomic E-state index is 12.3. The predicted octanol–water partition coefficient (Wildman–Crippen LogP) is 3.97. The minimum absolute atomic E-state index is 0.105. The minimum atomic E-state index is -4.99. The summed E-state index contributed by atoms with van der Waals surface area (Å²) in [6.45, 7) is 2.06. The molecule has 1 heterocycles. The quantitative estimate of drug-likeness (QED) is 0.792. The van der Waals surface area contributed by atoms with Gasteiger partial charge in [0.25, 0.3) is 0 Å². The minimum Gasteiger partial charge on any atom is -0.309 e. The van der Waals surface area contributed by atoms with Gasteiger partial charge in [0.1, 0.15) is 11.1 Å². The van der Waals surface area contributed by atoms with Crippen molar-refractivity contribution in [1.82, 2.24) is 0 Å². The average molecular weight is 332 g/mol. The van der Waals surface area contributed by atoms with Crippen molar-refractivity contribution in [3.63, 3.8) is 0 Å². The number of carbonyl (C=O) groups is 1. The second-order valence-corrected chi connectivity index (χ2v) is 6.65. The molecule has 0 saturated heterocycles. The lowest BCUT2D eigenvalue weighted by Crippen LogP contribution is -2.30. The van der Waals surface area contributed by atoms with Gasteiger partial charge in [0.05, 0.1) is 9.39 Å².